The zero-order valence-corrected chi connectivity index (χ0v) is 17.0. The van der Waals surface area contributed by atoms with Crippen LogP contribution in [0.2, 0.25) is 0 Å². The molecule has 154 valence electrons. The fourth-order valence-corrected chi connectivity index (χ4v) is 3.95. The quantitative estimate of drug-likeness (QED) is 0.500. The van der Waals surface area contributed by atoms with Crippen LogP contribution in [0.3, 0.4) is 0 Å². The van der Waals surface area contributed by atoms with Gasteiger partial charge in [-0.3, -0.25) is 4.68 Å². The molecule has 6 N–H and O–H groups in total. The minimum atomic E-state index is 0.110. The van der Waals surface area contributed by atoms with E-state index in [9.17, 15) is 0 Å². The normalized spacial score (nSPS) is 19.4. The Labute approximate surface area is 170 Å². The van der Waals surface area contributed by atoms with E-state index in [4.69, 9.17) is 11.5 Å². The smallest absolute Gasteiger partial charge is 0.244 e. The number of hydrogen-bond donors (Lipinski definition) is 4. The second-order valence-corrected chi connectivity index (χ2v) is 7.59. The van der Waals surface area contributed by atoms with E-state index in [0.29, 0.717) is 17.5 Å². The topological polar surface area (TPSA) is 133 Å². The molecule has 1 aliphatic carbocycles. The Bertz CT molecular complexity index is 997. The zero-order chi connectivity index (χ0) is 20.4. The highest BCUT2D eigenvalue weighted by molar-refractivity contribution is 5.86. The highest BCUT2D eigenvalue weighted by Crippen LogP contribution is 2.26. The van der Waals surface area contributed by atoms with Crippen LogP contribution in [0, 0.1) is 6.92 Å². The molecule has 0 radical (unpaired) electrons. The van der Waals surface area contributed by atoms with Crippen LogP contribution >= 0.6 is 0 Å². The number of nitrogens with one attached hydrogen (secondary N) is 2. The highest BCUT2D eigenvalue weighted by atomic mass is 15.3. The fourth-order valence-electron chi connectivity index (χ4n) is 3.95. The maximum Gasteiger partial charge on any atom is 0.244 e. The number of benzene rings is 1. The van der Waals surface area contributed by atoms with Crippen LogP contribution < -0.4 is 22.1 Å². The first-order chi connectivity index (χ1) is 14.1. The van der Waals surface area contributed by atoms with Crippen molar-refractivity contribution >= 4 is 28.4 Å². The summed E-state index contributed by atoms with van der Waals surface area (Å²) in [6, 6.07) is 6.44. The monoisotopic (exact) mass is 395 g/mol. The van der Waals surface area contributed by atoms with Crippen molar-refractivity contribution < 1.29 is 0 Å². The molecule has 0 amide bonds. The van der Waals surface area contributed by atoms with E-state index in [1.165, 1.54) is 6.42 Å². The van der Waals surface area contributed by atoms with Gasteiger partial charge in [-0.15, -0.1) is 10.2 Å². The third-order valence-electron chi connectivity index (χ3n) is 5.58. The van der Waals surface area contributed by atoms with Crippen LogP contribution in [0.25, 0.3) is 10.9 Å². The van der Waals surface area contributed by atoms with E-state index in [0.717, 1.165) is 48.1 Å². The van der Waals surface area contributed by atoms with E-state index < -0.39 is 0 Å². The molecule has 1 saturated carbocycles. The molecule has 1 fully saturated rings. The molecule has 0 spiro atoms. The van der Waals surface area contributed by atoms with Crippen LogP contribution in [0.4, 0.5) is 17.5 Å². The van der Waals surface area contributed by atoms with E-state index >= 15 is 0 Å². The Morgan fingerprint density at radius 3 is 2.79 bits per heavy atom. The van der Waals surface area contributed by atoms with Gasteiger partial charge in [-0.25, -0.2) is 0 Å². The Hall–Kier alpha value is -2.78. The average molecular weight is 396 g/mol. The van der Waals surface area contributed by atoms with Crippen molar-refractivity contribution in [2.24, 2.45) is 11.5 Å². The molecular formula is C20H29N9. The third kappa shape index (κ3) is 4.01. The van der Waals surface area contributed by atoms with E-state index in [1.54, 1.807) is 0 Å². The van der Waals surface area contributed by atoms with Gasteiger partial charge in [0.05, 0.1) is 11.2 Å². The van der Waals surface area contributed by atoms with Gasteiger partial charge in [0.2, 0.25) is 5.95 Å². The van der Waals surface area contributed by atoms with Gasteiger partial charge in [0.1, 0.15) is 5.69 Å². The van der Waals surface area contributed by atoms with Crippen molar-refractivity contribution in [1.29, 1.82) is 0 Å². The van der Waals surface area contributed by atoms with Gasteiger partial charge in [0.25, 0.3) is 0 Å². The molecule has 0 saturated heterocycles. The second-order valence-electron chi connectivity index (χ2n) is 7.59. The lowest BCUT2D eigenvalue weighted by Gasteiger charge is -2.29. The van der Waals surface area contributed by atoms with E-state index in [2.05, 4.69) is 50.0 Å². The molecule has 2 heterocycles. The molecule has 3 aromatic rings. The SMILES string of the molecule is CCn1nc(C)c2cc(Nc3nc(N[C@@H]4CCCC[C@@H]4N)nnc3CN)ccc21. The summed E-state index contributed by atoms with van der Waals surface area (Å²) in [5, 5.41) is 20.9. The Kier molecular flexibility index (Phi) is 5.59. The summed E-state index contributed by atoms with van der Waals surface area (Å²) in [4.78, 5) is 4.64. The molecule has 1 aliphatic rings. The van der Waals surface area contributed by atoms with Crippen LogP contribution in [0.1, 0.15) is 44.0 Å². The number of fused-ring (bicyclic) bond motifs is 1. The van der Waals surface area contributed by atoms with E-state index in [1.807, 2.05) is 17.7 Å². The summed E-state index contributed by atoms with van der Waals surface area (Å²) in [7, 11) is 0. The lowest BCUT2D eigenvalue weighted by atomic mass is 9.91. The number of nitrogens with zero attached hydrogens (tertiary/aromatic N) is 5. The van der Waals surface area contributed by atoms with Gasteiger partial charge in [-0.1, -0.05) is 12.8 Å². The minimum absolute atomic E-state index is 0.110. The van der Waals surface area contributed by atoms with Crippen LogP contribution in [0.15, 0.2) is 18.2 Å². The van der Waals surface area contributed by atoms with Crippen LogP contribution in [-0.2, 0) is 13.1 Å². The summed E-state index contributed by atoms with van der Waals surface area (Å²) in [5.74, 6) is 1.08. The molecule has 1 aromatic carbocycles. The molecule has 9 nitrogen and oxygen atoms in total. The highest BCUT2D eigenvalue weighted by Gasteiger charge is 2.23. The van der Waals surface area contributed by atoms with Crippen molar-refractivity contribution in [2.45, 2.75) is 64.7 Å². The van der Waals surface area contributed by atoms with Crippen molar-refractivity contribution in [2.75, 3.05) is 10.6 Å². The molecule has 0 bridgehead atoms. The Morgan fingerprint density at radius 1 is 1.21 bits per heavy atom. The van der Waals surface area contributed by atoms with Crippen molar-refractivity contribution in [3.05, 3.63) is 29.6 Å². The summed E-state index contributed by atoms with van der Waals surface area (Å²) < 4.78 is 2.00. The van der Waals surface area contributed by atoms with Gasteiger partial charge in [0, 0.05) is 36.2 Å². The molecule has 0 unspecified atom stereocenters. The molecule has 29 heavy (non-hydrogen) atoms. The van der Waals surface area contributed by atoms with Crippen LogP contribution in [0.5, 0.6) is 0 Å². The number of aryl methyl sites for hydroxylation is 2. The van der Waals surface area contributed by atoms with Gasteiger partial charge in [-0.05, 0) is 44.9 Å². The summed E-state index contributed by atoms with van der Waals surface area (Å²) in [6.07, 6.45) is 4.37. The number of anilines is 3. The van der Waals surface area contributed by atoms with Crippen LogP contribution in [-0.4, -0.2) is 37.0 Å². The summed E-state index contributed by atoms with van der Waals surface area (Å²) in [6.45, 7) is 5.19. The average Bonchev–Trinajstić information content (AvgIpc) is 3.05. The zero-order valence-electron chi connectivity index (χ0n) is 17.0. The molecule has 2 aromatic heterocycles. The van der Waals surface area contributed by atoms with Crippen molar-refractivity contribution in [1.82, 2.24) is 25.0 Å². The molecule has 2 atom stereocenters. The first-order valence-corrected chi connectivity index (χ1v) is 10.3. The minimum Gasteiger partial charge on any atom is -0.349 e. The van der Waals surface area contributed by atoms with E-state index in [-0.39, 0.29) is 18.6 Å². The number of aromatic nitrogens is 5. The molecular weight excluding hydrogens is 366 g/mol. The van der Waals surface area contributed by atoms with Gasteiger partial charge < -0.3 is 22.1 Å². The van der Waals surface area contributed by atoms with Gasteiger partial charge in [-0.2, -0.15) is 10.1 Å². The van der Waals surface area contributed by atoms with Gasteiger partial charge in [0.15, 0.2) is 5.82 Å². The maximum atomic E-state index is 6.24. The lowest BCUT2D eigenvalue weighted by molar-refractivity contribution is 0.402. The molecule has 9 heteroatoms. The number of nitrogens with two attached hydrogens (primary N) is 2. The summed E-state index contributed by atoms with van der Waals surface area (Å²) in [5.41, 5.74) is 15.7. The Balaban J connectivity index is 1.60. The Morgan fingerprint density at radius 2 is 2.03 bits per heavy atom. The first-order valence-electron chi connectivity index (χ1n) is 10.3. The standard InChI is InChI=1S/C20H29N9/c1-3-29-18-9-8-13(10-14(18)12(2)28-29)23-19-17(11-21)26-27-20(25-19)24-16-7-5-4-6-15(16)22/h8-10,15-16H,3-7,11,21-22H2,1-2H3,(H2,23,24,25,27)/t15-,16+/m0/s1. The molecule has 4 rings (SSSR count). The summed E-state index contributed by atoms with van der Waals surface area (Å²) >= 11 is 0. The van der Waals surface area contributed by atoms with Gasteiger partial charge >= 0.3 is 0 Å². The first kappa shape index (κ1) is 19.5. The third-order valence-corrected chi connectivity index (χ3v) is 5.58. The second kappa shape index (κ2) is 8.30. The number of rotatable bonds is 6. The predicted octanol–water partition coefficient (Wildman–Crippen LogP) is 2.43. The maximum absolute atomic E-state index is 6.24. The lowest BCUT2D eigenvalue weighted by Crippen LogP contribution is -2.43. The fraction of sp³-hybridized carbons (Fsp3) is 0.500. The largest absolute Gasteiger partial charge is 0.349 e. The van der Waals surface area contributed by atoms with Crippen molar-refractivity contribution in [3.8, 4) is 0 Å². The number of hydrogen-bond acceptors (Lipinski definition) is 8. The molecule has 0 aliphatic heterocycles. The van der Waals surface area contributed by atoms with Crippen molar-refractivity contribution in [3.63, 3.8) is 0 Å². The predicted molar refractivity (Wildman–Crippen MR) is 115 cm³/mol.